The summed E-state index contributed by atoms with van der Waals surface area (Å²) in [7, 11) is 0. The molecule has 0 aliphatic rings. The van der Waals surface area contributed by atoms with Gasteiger partial charge in [-0.25, -0.2) is 19.7 Å². The Morgan fingerprint density at radius 2 is 1.75 bits per heavy atom. The van der Waals surface area contributed by atoms with Gasteiger partial charge in [0.2, 0.25) is 0 Å². The number of urea groups is 1. The zero-order chi connectivity index (χ0) is 19.6. The molecule has 1 aromatic carbocycles. The molecule has 0 atom stereocenters. The molecule has 0 saturated carbocycles. The third-order valence-electron chi connectivity index (χ3n) is 3.95. The van der Waals surface area contributed by atoms with E-state index < -0.39 is 0 Å². The molecule has 0 unspecified atom stereocenters. The minimum absolute atomic E-state index is 0.233. The Morgan fingerprint density at radius 1 is 0.929 bits per heavy atom. The van der Waals surface area contributed by atoms with Gasteiger partial charge in [-0.2, -0.15) is 0 Å². The molecule has 0 aliphatic heterocycles. The number of amides is 2. The fourth-order valence-corrected chi connectivity index (χ4v) is 2.57. The standard InChI is InChI=1S/C20H23N7O/c1-2-15-7-3-4-8-16(15)26-20(28)23-12-11-22-18-13-19(25-14-24-18)27-17-9-5-6-10-21-17/h3-10,13-14H,2,11-12H2,1H3,(H2,23,26,28)(H2,21,22,24,25,27). The van der Waals surface area contributed by atoms with Crippen LogP contribution in [0, 0.1) is 0 Å². The van der Waals surface area contributed by atoms with E-state index in [1.165, 1.54) is 6.33 Å². The summed E-state index contributed by atoms with van der Waals surface area (Å²) in [5.41, 5.74) is 1.93. The molecule has 2 amide bonds. The minimum Gasteiger partial charge on any atom is -0.368 e. The average molecular weight is 377 g/mol. The van der Waals surface area contributed by atoms with Gasteiger partial charge in [0.25, 0.3) is 0 Å². The second-order valence-corrected chi connectivity index (χ2v) is 5.95. The highest BCUT2D eigenvalue weighted by atomic mass is 16.2. The number of nitrogens with one attached hydrogen (secondary N) is 4. The van der Waals surface area contributed by atoms with Crippen LogP contribution in [0.4, 0.5) is 27.9 Å². The van der Waals surface area contributed by atoms with Gasteiger partial charge in [0.15, 0.2) is 0 Å². The first-order valence-electron chi connectivity index (χ1n) is 9.11. The summed E-state index contributed by atoms with van der Waals surface area (Å²) in [6.07, 6.45) is 4.04. The van der Waals surface area contributed by atoms with Crippen LogP contribution >= 0.6 is 0 Å². The van der Waals surface area contributed by atoms with Crippen LogP contribution in [0.3, 0.4) is 0 Å². The highest BCUT2D eigenvalue weighted by Gasteiger charge is 2.05. The second-order valence-electron chi connectivity index (χ2n) is 5.95. The summed E-state index contributed by atoms with van der Waals surface area (Å²) in [6, 6.07) is 14.9. The van der Waals surface area contributed by atoms with Crippen molar-refractivity contribution in [3.05, 3.63) is 66.6 Å². The Morgan fingerprint density at radius 3 is 2.57 bits per heavy atom. The molecule has 2 aromatic heterocycles. The quantitative estimate of drug-likeness (QED) is 0.449. The number of aromatic nitrogens is 3. The van der Waals surface area contributed by atoms with Crippen LogP contribution in [0.25, 0.3) is 0 Å². The first kappa shape index (κ1) is 19.1. The van der Waals surface area contributed by atoms with Crippen LogP contribution in [0.1, 0.15) is 12.5 Å². The number of benzene rings is 1. The molecule has 8 nitrogen and oxygen atoms in total. The topological polar surface area (TPSA) is 104 Å². The summed E-state index contributed by atoms with van der Waals surface area (Å²) in [5, 5.41) is 12.0. The Bertz CT molecular complexity index is 902. The zero-order valence-corrected chi connectivity index (χ0v) is 15.6. The Labute approximate surface area is 163 Å². The van der Waals surface area contributed by atoms with Gasteiger partial charge in [0.1, 0.15) is 23.8 Å². The summed E-state index contributed by atoms with van der Waals surface area (Å²) >= 11 is 0. The largest absolute Gasteiger partial charge is 0.368 e. The smallest absolute Gasteiger partial charge is 0.319 e. The van der Waals surface area contributed by atoms with Crippen molar-refractivity contribution in [1.29, 1.82) is 0 Å². The summed E-state index contributed by atoms with van der Waals surface area (Å²) in [6.45, 7) is 3.04. The Balaban J connectivity index is 1.44. The van der Waals surface area contributed by atoms with Crippen molar-refractivity contribution in [2.24, 2.45) is 0 Å². The number of rotatable bonds is 8. The van der Waals surface area contributed by atoms with E-state index in [1.54, 1.807) is 12.3 Å². The van der Waals surface area contributed by atoms with Gasteiger partial charge < -0.3 is 21.3 Å². The van der Waals surface area contributed by atoms with Crippen molar-refractivity contribution in [2.45, 2.75) is 13.3 Å². The van der Waals surface area contributed by atoms with Gasteiger partial charge >= 0.3 is 6.03 Å². The molecule has 0 aliphatic carbocycles. The number of anilines is 4. The molecular formula is C20H23N7O. The lowest BCUT2D eigenvalue weighted by Crippen LogP contribution is -2.33. The molecule has 3 aromatic rings. The fourth-order valence-electron chi connectivity index (χ4n) is 2.57. The van der Waals surface area contributed by atoms with E-state index in [-0.39, 0.29) is 6.03 Å². The van der Waals surface area contributed by atoms with Gasteiger partial charge in [-0.1, -0.05) is 31.2 Å². The van der Waals surface area contributed by atoms with Crippen molar-refractivity contribution < 1.29 is 4.79 Å². The fraction of sp³-hybridized carbons (Fsp3) is 0.200. The normalized spacial score (nSPS) is 10.2. The number of pyridine rings is 1. The van der Waals surface area contributed by atoms with Crippen LogP contribution in [0.5, 0.6) is 0 Å². The number of carbonyl (C=O) groups is 1. The second kappa shape index (κ2) is 9.86. The van der Waals surface area contributed by atoms with Gasteiger partial charge in [-0.05, 0) is 30.2 Å². The maximum absolute atomic E-state index is 12.1. The molecule has 8 heteroatoms. The number of para-hydroxylation sites is 1. The van der Waals surface area contributed by atoms with Crippen LogP contribution < -0.4 is 21.3 Å². The number of hydrogen-bond acceptors (Lipinski definition) is 6. The number of aryl methyl sites for hydroxylation is 1. The van der Waals surface area contributed by atoms with Crippen molar-refractivity contribution >= 4 is 29.2 Å². The molecule has 28 heavy (non-hydrogen) atoms. The summed E-state index contributed by atoms with van der Waals surface area (Å²) < 4.78 is 0. The van der Waals surface area contributed by atoms with E-state index in [2.05, 4.69) is 43.1 Å². The lowest BCUT2D eigenvalue weighted by Gasteiger charge is -2.11. The van der Waals surface area contributed by atoms with Crippen molar-refractivity contribution in [3.63, 3.8) is 0 Å². The van der Waals surface area contributed by atoms with Crippen molar-refractivity contribution in [3.8, 4) is 0 Å². The molecule has 0 bridgehead atoms. The summed E-state index contributed by atoms with van der Waals surface area (Å²) in [4.78, 5) is 24.6. The average Bonchev–Trinajstić information content (AvgIpc) is 2.73. The van der Waals surface area contributed by atoms with Gasteiger partial charge in [0.05, 0.1) is 0 Å². The molecule has 4 N–H and O–H groups in total. The maximum atomic E-state index is 12.1. The van der Waals surface area contributed by atoms with Gasteiger partial charge in [-0.15, -0.1) is 0 Å². The van der Waals surface area contributed by atoms with Crippen molar-refractivity contribution in [1.82, 2.24) is 20.3 Å². The van der Waals surface area contributed by atoms with E-state index in [4.69, 9.17) is 0 Å². The number of hydrogen-bond donors (Lipinski definition) is 4. The lowest BCUT2D eigenvalue weighted by molar-refractivity contribution is 0.252. The van der Waals surface area contributed by atoms with E-state index in [1.807, 2.05) is 42.5 Å². The zero-order valence-electron chi connectivity index (χ0n) is 15.6. The predicted molar refractivity (Wildman–Crippen MR) is 111 cm³/mol. The molecule has 2 heterocycles. The van der Waals surface area contributed by atoms with Crippen LogP contribution in [-0.2, 0) is 6.42 Å². The minimum atomic E-state index is -0.233. The highest BCUT2D eigenvalue weighted by Crippen LogP contribution is 2.15. The molecule has 0 radical (unpaired) electrons. The third-order valence-corrected chi connectivity index (χ3v) is 3.95. The molecule has 0 spiro atoms. The van der Waals surface area contributed by atoms with Gasteiger partial charge in [0, 0.05) is 31.0 Å². The van der Waals surface area contributed by atoms with E-state index in [0.29, 0.717) is 30.5 Å². The van der Waals surface area contributed by atoms with Crippen molar-refractivity contribution in [2.75, 3.05) is 29.0 Å². The molecule has 0 fully saturated rings. The van der Waals surface area contributed by atoms with Crippen LogP contribution in [0.15, 0.2) is 61.1 Å². The van der Waals surface area contributed by atoms with Crippen LogP contribution in [-0.4, -0.2) is 34.1 Å². The third kappa shape index (κ3) is 5.66. The SMILES string of the molecule is CCc1ccccc1NC(=O)NCCNc1cc(Nc2ccccn2)ncn1. The molecule has 3 rings (SSSR count). The maximum Gasteiger partial charge on any atom is 0.319 e. The number of carbonyl (C=O) groups excluding carboxylic acids is 1. The van der Waals surface area contributed by atoms with Gasteiger partial charge in [-0.3, -0.25) is 0 Å². The molecule has 0 saturated heterocycles. The first-order valence-corrected chi connectivity index (χ1v) is 9.11. The number of nitrogens with zero attached hydrogens (tertiary/aromatic N) is 3. The van der Waals surface area contributed by atoms with E-state index >= 15 is 0 Å². The molecule has 144 valence electrons. The van der Waals surface area contributed by atoms with E-state index in [0.717, 1.165) is 17.7 Å². The van der Waals surface area contributed by atoms with Crippen LogP contribution in [0.2, 0.25) is 0 Å². The monoisotopic (exact) mass is 377 g/mol. The van der Waals surface area contributed by atoms with E-state index in [9.17, 15) is 4.79 Å². The predicted octanol–water partition coefficient (Wildman–Crippen LogP) is 3.41. The lowest BCUT2D eigenvalue weighted by atomic mass is 10.1. The Hall–Kier alpha value is -3.68. The molecular weight excluding hydrogens is 354 g/mol. The Kier molecular flexibility index (Phi) is 6.73. The highest BCUT2D eigenvalue weighted by molar-refractivity contribution is 5.90. The first-order chi connectivity index (χ1) is 13.7. The summed E-state index contributed by atoms with van der Waals surface area (Å²) in [5.74, 6) is 2.00.